The first kappa shape index (κ1) is 14.1. The lowest BCUT2D eigenvalue weighted by Gasteiger charge is -2.13. The molecule has 1 aromatic carbocycles. The zero-order chi connectivity index (χ0) is 12.7. The average Bonchev–Trinajstić information content (AvgIpc) is 2.28. The summed E-state index contributed by atoms with van der Waals surface area (Å²) in [6.07, 6.45) is -0.117. The minimum Gasteiger partial charge on any atom is -0.388 e. The SMILES string of the molecule is COCCOCCC(O)c1ccc(F)cc1C. The van der Waals surface area contributed by atoms with Crippen molar-refractivity contribution in [3.8, 4) is 0 Å². The maximum absolute atomic E-state index is 12.9. The zero-order valence-electron chi connectivity index (χ0n) is 10.3. The first-order valence-electron chi connectivity index (χ1n) is 5.66. The van der Waals surface area contributed by atoms with Gasteiger partial charge in [-0.05, 0) is 30.2 Å². The van der Waals surface area contributed by atoms with Crippen LogP contribution in [0.15, 0.2) is 18.2 Å². The number of methoxy groups -OCH3 is 1. The largest absolute Gasteiger partial charge is 0.388 e. The number of rotatable bonds is 7. The number of aliphatic hydroxyl groups is 1. The second-order valence-corrected chi connectivity index (χ2v) is 3.91. The van der Waals surface area contributed by atoms with Gasteiger partial charge in [0.25, 0.3) is 0 Å². The Labute approximate surface area is 101 Å². The van der Waals surface area contributed by atoms with Gasteiger partial charge in [-0.1, -0.05) is 6.07 Å². The molecule has 0 saturated carbocycles. The van der Waals surface area contributed by atoms with Gasteiger partial charge < -0.3 is 14.6 Å². The van der Waals surface area contributed by atoms with Crippen LogP contribution in [0.1, 0.15) is 23.7 Å². The Balaban J connectivity index is 2.38. The maximum atomic E-state index is 12.9. The third kappa shape index (κ3) is 4.81. The third-order valence-corrected chi connectivity index (χ3v) is 2.56. The van der Waals surface area contributed by atoms with Crippen molar-refractivity contribution < 1.29 is 19.0 Å². The molecule has 96 valence electrons. The van der Waals surface area contributed by atoms with Gasteiger partial charge in [0.05, 0.1) is 19.3 Å². The van der Waals surface area contributed by atoms with Crippen LogP contribution in [0.4, 0.5) is 4.39 Å². The third-order valence-electron chi connectivity index (χ3n) is 2.56. The maximum Gasteiger partial charge on any atom is 0.123 e. The highest BCUT2D eigenvalue weighted by Crippen LogP contribution is 2.21. The molecule has 1 aromatic rings. The molecular weight excluding hydrogens is 223 g/mol. The number of benzene rings is 1. The molecule has 1 unspecified atom stereocenters. The number of ether oxygens (including phenoxy) is 2. The smallest absolute Gasteiger partial charge is 0.123 e. The molecule has 0 spiro atoms. The van der Waals surface area contributed by atoms with Crippen LogP contribution in [0.5, 0.6) is 0 Å². The number of aliphatic hydroxyl groups excluding tert-OH is 1. The summed E-state index contributed by atoms with van der Waals surface area (Å²) in [5, 5.41) is 9.92. The van der Waals surface area contributed by atoms with Crippen molar-refractivity contribution >= 4 is 0 Å². The van der Waals surface area contributed by atoms with E-state index in [1.807, 2.05) is 0 Å². The molecule has 0 aliphatic heterocycles. The predicted molar refractivity (Wildman–Crippen MR) is 63.4 cm³/mol. The molecule has 3 nitrogen and oxygen atoms in total. The topological polar surface area (TPSA) is 38.7 Å². The summed E-state index contributed by atoms with van der Waals surface area (Å²) < 4.78 is 23.0. The van der Waals surface area contributed by atoms with Crippen LogP contribution in [-0.2, 0) is 9.47 Å². The molecule has 0 aliphatic rings. The van der Waals surface area contributed by atoms with Crippen LogP contribution >= 0.6 is 0 Å². The molecule has 0 heterocycles. The van der Waals surface area contributed by atoms with E-state index in [4.69, 9.17) is 9.47 Å². The molecule has 0 bridgehead atoms. The molecule has 0 amide bonds. The van der Waals surface area contributed by atoms with Crippen molar-refractivity contribution in [2.24, 2.45) is 0 Å². The minimum absolute atomic E-state index is 0.283. The van der Waals surface area contributed by atoms with Gasteiger partial charge >= 0.3 is 0 Å². The van der Waals surface area contributed by atoms with Gasteiger partial charge in [0.2, 0.25) is 0 Å². The normalized spacial score (nSPS) is 12.7. The first-order chi connectivity index (χ1) is 8.15. The van der Waals surface area contributed by atoms with Gasteiger partial charge in [-0.3, -0.25) is 0 Å². The average molecular weight is 242 g/mol. The van der Waals surface area contributed by atoms with E-state index in [-0.39, 0.29) is 5.82 Å². The van der Waals surface area contributed by atoms with Crippen LogP contribution in [-0.4, -0.2) is 32.0 Å². The lowest BCUT2D eigenvalue weighted by Crippen LogP contribution is -2.08. The summed E-state index contributed by atoms with van der Waals surface area (Å²) in [5.41, 5.74) is 1.51. The van der Waals surface area contributed by atoms with E-state index in [0.717, 1.165) is 11.1 Å². The highest BCUT2D eigenvalue weighted by atomic mass is 19.1. The highest BCUT2D eigenvalue weighted by molar-refractivity contribution is 5.28. The summed E-state index contributed by atoms with van der Waals surface area (Å²) in [4.78, 5) is 0. The quantitative estimate of drug-likeness (QED) is 0.745. The second-order valence-electron chi connectivity index (χ2n) is 3.91. The summed E-state index contributed by atoms with van der Waals surface area (Å²) in [5.74, 6) is -0.283. The van der Waals surface area contributed by atoms with Crippen molar-refractivity contribution in [3.05, 3.63) is 35.1 Å². The van der Waals surface area contributed by atoms with Crippen LogP contribution in [0.3, 0.4) is 0 Å². The molecular formula is C13H19FO3. The van der Waals surface area contributed by atoms with E-state index in [1.165, 1.54) is 12.1 Å². The number of aryl methyl sites for hydroxylation is 1. The Hall–Kier alpha value is -0.970. The monoisotopic (exact) mass is 242 g/mol. The van der Waals surface area contributed by atoms with Gasteiger partial charge in [0.15, 0.2) is 0 Å². The number of hydrogen-bond acceptors (Lipinski definition) is 3. The van der Waals surface area contributed by atoms with Crippen molar-refractivity contribution in [1.29, 1.82) is 0 Å². The standard InChI is InChI=1S/C13H19FO3/c1-10-9-11(14)3-4-12(10)13(15)5-6-17-8-7-16-2/h3-4,9,13,15H,5-8H2,1-2H3. The molecule has 0 fully saturated rings. The second kappa shape index (κ2) is 7.37. The van der Waals surface area contributed by atoms with Gasteiger partial charge in [0.1, 0.15) is 5.82 Å². The zero-order valence-corrected chi connectivity index (χ0v) is 10.3. The van der Waals surface area contributed by atoms with Crippen molar-refractivity contribution in [1.82, 2.24) is 0 Å². The Morgan fingerprint density at radius 3 is 2.71 bits per heavy atom. The highest BCUT2D eigenvalue weighted by Gasteiger charge is 2.10. The van der Waals surface area contributed by atoms with E-state index in [9.17, 15) is 9.50 Å². The number of halogens is 1. The van der Waals surface area contributed by atoms with Crippen molar-refractivity contribution in [3.63, 3.8) is 0 Å². The van der Waals surface area contributed by atoms with Crippen molar-refractivity contribution in [2.75, 3.05) is 26.9 Å². The van der Waals surface area contributed by atoms with E-state index in [1.54, 1.807) is 20.1 Å². The lowest BCUT2D eigenvalue weighted by molar-refractivity contribution is 0.0474. The minimum atomic E-state index is -0.613. The molecule has 0 aliphatic carbocycles. The van der Waals surface area contributed by atoms with Gasteiger partial charge in [-0.2, -0.15) is 0 Å². The van der Waals surface area contributed by atoms with E-state index in [2.05, 4.69) is 0 Å². The van der Waals surface area contributed by atoms with Crippen molar-refractivity contribution in [2.45, 2.75) is 19.4 Å². The van der Waals surface area contributed by atoms with Gasteiger partial charge in [-0.25, -0.2) is 4.39 Å². The van der Waals surface area contributed by atoms with E-state index in [0.29, 0.717) is 26.2 Å². The van der Waals surface area contributed by atoms with Crippen LogP contribution in [0.25, 0.3) is 0 Å². The molecule has 17 heavy (non-hydrogen) atoms. The Morgan fingerprint density at radius 1 is 1.29 bits per heavy atom. The molecule has 0 aromatic heterocycles. The molecule has 0 saturated heterocycles. The molecule has 1 atom stereocenters. The summed E-state index contributed by atoms with van der Waals surface area (Å²) in [7, 11) is 1.61. The van der Waals surface area contributed by atoms with Crippen LogP contribution in [0.2, 0.25) is 0 Å². The Bertz CT molecular complexity index is 341. The summed E-state index contributed by atoms with van der Waals surface area (Å²) in [6.45, 7) is 3.31. The Morgan fingerprint density at radius 2 is 2.06 bits per heavy atom. The fourth-order valence-corrected chi connectivity index (χ4v) is 1.61. The molecule has 4 heteroatoms. The van der Waals surface area contributed by atoms with Crippen LogP contribution in [0, 0.1) is 12.7 Å². The summed E-state index contributed by atoms with van der Waals surface area (Å²) in [6, 6.07) is 4.39. The van der Waals surface area contributed by atoms with Crippen LogP contribution < -0.4 is 0 Å². The Kier molecular flexibility index (Phi) is 6.11. The summed E-state index contributed by atoms with van der Waals surface area (Å²) >= 11 is 0. The van der Waals surface area contributed by atoms with Gasteiger partial charge in [0, 0.05) is 20.1 Å². The predicted octanol–water partition coefficient (Wildman–Crippen LogP) is 2.22. The molecule has 0 radical (unpaired) electrons. The lowest BCUT2D eigenvalue weighted by atomic mass is 10.0. The van der Waals surface area contributed by atoms with E-state index < -0.39 is 6.10 Å². The van der Waals surface area contributed by atoms with E-state index >= 15 is 0 Å². The first-order valence-corrected chi connectivity index (χ1v) is 5.66. The number of hydrogen-bond donors (Lipinski definition) is 1. The van der Waals surface area contributed by atoms with Gasteiger partial charge in [-0.15, -0.1) is 0 Å². The molecule has 1 rings (SSSR count). The fraction of sp³-hybridized carbons (Fsp3) is 0.538. The fourth-order valence-electron chi connectivity index (χ4n) is 1.61. The molecule has 1 N–H and O–H groups in total.